The molecule has 96 valence electrons. The van der Waals surface area contributed by atoms with Crippen LogP contribution in [0.5, 0.6) is 0 Å². The quantitative estimate of drug-likeness (QED) is 0.573. The van der Waals surface area contributed by atoms with Gasteiger partial charge in [-0.25, -0.2) is 0 Å². The minimum absolute atomic E-state index is 0.109. The first-order valence-electron chi connectivity index (χ1n) is 6.09. The fourth-order valence-corrected chi connectivity index (χ4v) is 4.75. The Morgan fingerprint density at radius 2 is 1.50 bits per heavy atom. The Morgan fingerprint density at radius 1 is 1.19 bits per heavy atom. The van der Waals surface area contributed by atoms with Crippen LogP contribution in [0.1, 0.15) is 47.5 Å². The average Bonchev–Trinajstić information content (AvgIpc) is 2.14. The van der Waals surface area contributed by atoms with E-state index in [1.165, 1.54) is 24.7 Å². The van der Waals surface area contributed by atoms with Gasteiger partial charge in [0, 0.05) is 12.8 Å². The summed E-state index contributed by atoms with van der Waals surface area (Å²) in [5.74, 6) is 0. The van der Waals surface area contributed by atoms with Crippen molar-refractivity contribution in [3.63, 3.8) is 0 Å². The summed E-state index contributed by atoms with van der Waals surface area (Å²) in [7, 11) is 4.62. The summed E-state index contributed by atoms with van der Waals surface area (Å²) in [6.07, 6.45) is 3.57. The van der Waals surface area contributed by atoms with E-state index in [1.807, 2.05) is 7.05 Å². The zero-order chi connectivity index (χ0) is 13.0. The van der Waals surface area contributed by atoms with E-state index >= 15 is 0 Å². The number of hydrogen-bond acceptors (Lipinski definition) is 1. The van der Waals surface area contributed by atoms with Gasteiger partial charge in [0.15, 0.2) is 0 Å². The Labute approximate surface area is 106 Å². The van der Waals surface area contributed by atoms with E-state index in [1.54, 1.807) is 0 Å². The van der Waals surface area contributed by atoms with Crippen LogP contribution in [0.2, 0.25) is 0 Å². The molecule has 0 spiro atoms. The Morgan fingerprint density at radius 3 is 1.75 bits per heavy atom. The Balaban J connectivity index is 0.000000673. The third-order valence-electron chi connectivity index (χ3n) is 3.41. The molecule has 1 heterocycles. The molecule has 0 saturated carbocycles. The summed E-state index contributed by atoms with van der Waals surface area (Å²) in [6.45, 7) is 14.1. The summed E-state index contributed by atoms with van der Waals surface area (Å²) in [5.41, 5.74) is 1.41. The molecule has 3 heteroatoms. The van der Waals surface area contributed by atoms with Crippen LogP contribution in [0.3, 0.4) is 0 Å². The highest BCUT2D eigenvalue weighted by Gasteiger charge is 2.42. The Hall–Kier alpha value is 0.530. The van der Waals surface area contributed by atoms with Crippen molar-refractivity contribution in [2.24, 2.45) is 4.99 Å². The molecule has 1 aliphatic rings. The van der Waals surface area contributed by atoms with Gasteiger partial charge in [0.05, 0.1) is 0 Å². The molecule has 1 atom stereocenters. The van der Waals surface area contributed by atoms with E-state index < -0.39 is 0 Å². The van der Waals surface area contributed by atoms with Crippen LogP contribution in [0.4, 0.5) is 0 Å². The highest BCUT2D eigenvalue weighted by Crippen LogP contribution is 2.62. The van der Waals surface area contributed by atoms with E-state index in [2.05, 4.69) is 55.5 Å². The second-order valence-electron chi connectivity index (χ2n) is 5.74. The van der Waals surface area contributed by atoms with E-state index in [0.717, 1.165) is 0 Å². The Bertz CT molecular complexity index is 224. The second kappa shape index (κ2) is 6.46. The van der Waals surface area contributed by atoms with E-state index in [9.17, 15) is 0 Å². The lowest BCUT2D eigenvalue weighted by atomic mass is 9.96. The van der Waals surface area contributed by atoms with E-state index in [0.29, 0.717) is 10.3 Å². The Kier molecular flexibility index (Phi) is 6.67. The molecule has 1 fully saturated rings. The first-order valence-corrected chi connectivity index (χ1v) is 8.70. The van der Waals surface area contributed by atoms with Gasteiger partial charge in [0.25, 0.3) is 0 Å². The highest BCUT2D eigenvalue weighted by atomic mass is 31.1. The predicted molar refractivity (Wildman–Crippen MR) is 83.8 cm³/mol. The highest BCUT2D eigenvalue weighted by molar-refractivity contribution is 7.60. The maximum atomic E-state index is 4.40. The topological polar surface area (TPSA) is 12.4 Å². The van der Waals surface area contributed by atoms with Gasteiger partial charge in [-0.05, 0) is 36.0 Å². The van der Waals surface area contributed by atoms with E-state index in [-0.39, 0.29) is 7.92 Å². The van der Waals surface area contributed by atoms with Gasteiger partial charge in [0.2, 0.25) is 0 Å². The van der Waals surface area contributed by atoms with Crippen molar-refractivity contribution in [3.8, 4) is 0 Å². The van der Waals surface area contributed by atoms with Gasteiger partial charge in [-0.1, -0.05) is 42.5 Å². The lowest BCUT2D eigenvalue weighted by molar-refractivity contribution is 0.614. The fourth-order valence-electron chi connectivity index (χ4n) is 2.28. The van der Waals surface area contributed by atoms with Gasteiger partial charge < -0.3 is 0 Å². The van der Waals surface area contributed by atoms with Crippen molar-refractivity contribution in [2.75, 3.05) is 19.9 Å². The largest absolute Gasteiger partial charge is 0.297 e. The zero-order valence-corrected chi connectivity index (χ0v) is 14.1. The van der Waals surface area contributed by atoms with Gasteiger partial charge in [-0.15, -0.1) is 9.24 Å². The fraction of sp³-hybridized carbons (Fsp3) is 0.923. The zero-order valence-electron chi connectivity index (χ0n) is 12.1. The normalized spacial score (nSPS) is 26.8. The monoisotopic (exact) mass is 261 g/mol. The van der Waals surface area contributed by atoms with Crippen LogP contribution in [0.15, 0.2) is 4.99 Å². The third kappa shape index (κ3) is 4.42. The van der Waals surface area contributed by atoms with Gasteiger partial charge in [0.1, 0.15) is 0 Å². The first-order chi connectivity index (χ1) is 7.21. The molecule has 0 radical (unpaired) electrons. The molecule has 1 aliphatic heterocycles. The molecule has 1 nitrogen and oxygen atoms in total. The summed E-state index contributed by atoms with van der Waals surface area (Å²) in [6, 6.07) is 0. The lowest BCUT2D eigenvalue weighted by Crippen LogP contribution is -2.39. The van der Waals surface area contributed by atoms with Crippen molar-refractivity contribution >= 4 is 22.9 Å². The van der Waals surface area contributed by atoms with Gasteiger partial charge in [-0.3, -0.25) is 4.99 Å². The molecule has 0 aliphatic carbocycles. The molecule has 0 bridgehead atoms. The number of rotatable bonds is 0. The molecular formula is C13H29NP2. The summed E-state index contributed by atoms with van der Waals surface area (Å²) in [4.78, 5) is 4.40. The van der Waals surface area contributed by atoms with Crippen LogP contribution < -0.4 is 0 Å². The summed E-state index contributed by atoms with van der Waals surface area (Å²) < 4.78 is 0. The molecule has 1 rings (SSSR count). The second-order valence-corrected chi connectivity index (χ2v) is 10.1. The third-order valence-corrected chi connectivity index (χ3v) is 7.35. The van der Waals surface area contributed by atoms with Gasteiger partial charge in [-0.2, -0.15) is 0 Å². The van der Waals surface area contributed by atoms with Crippen LogP contribution >= 0.6 is 17.2 Å². The first kappa shape index (κ1) is 16.5. The van der Waals surface area contributed by atoms with Crippen LogP contribution in [-0.2, 0) is 0 Å². The SMILES string of the molecule is CCP.CN=C1CC(C)(C)P(C)C(C)(C)C1. The molecule has 16 heavy (non-hydrogen) atoms. The van der Waals surface area contributed by atoms with Gasteiger partial charge >= 0.3 is 0 Å². The lowest BCUT2D eigenvalue weighted by Gasteiger charge is -2.48. The predicted octanol–water partition coefficient (Wildman–Crippen LogP) is 4.40. The minimum atomic E-state index is 0.109. The molecule has 1 saturated heterocycles. The van der Waals surface area contributed by atoms with Crippen molar-refractivity contribution in [3.05, 3.63) is 0 Å². The molecule has 0 amide bonds. The maximum Gasteiger partial charge on any atom is 0.0276 e. The number of aliphatic imine (C=N–C) groups is 1. The molecule has 0 N–H and O–H groups in total. The average molecular weight is 261 g/mol. The number of nitrogens with zero attached hydrogens (tertiary/aromatic N) is 1. The summed E-state index contributed by atoms with van der Waals surface area (Å²) >= 11 is 0. The van der Waals surface area contributed by atoms with E-state index in [4.69, 9.17) is 0 Å². The molecule has 1 unspecified atom stereocenters. The van der Waals surface area contributed by atoms with Crippen LogP contribution in [-0.4, -0.2) is 35.9 Å². The van der Waals surface area contributed by atoms with Crippen molar-refractivity contribution in [2.45, 2.75) is 57.8 Å². The number of hydrogen-bond donors (Lipinski definition) is 0. The molecular weight excluding hydrogens is 232 g/mol. The molecule has 0 aromatic heterocycles. The van der Waals surface area contributed by atoms with Crippen LogP contribution in [0.25, 0.3) is 0 Å². The minimum Gasteiger partial charge on any atom is -0.297 e. The van der Waals surface area contributed by atoms with Crippen LogP contribution in [0, 0.1) is 0 Å². The maximum absolute atomic E-state index is 4.40. The standard InChI is InChI=1S/C11H22NP.C2H7P/c1-10(2)7-9(12-5)8-11(3,4)13(10)6;1-2-3/h7-8H2,1-6H3;2-3H2,1H3. The van der Waals surface area contributed by atoms with Crippen molar-refractivity contribution < 1.29 is 0 Å². The smallest absolute Gasteiger partial charge is 0.0276 e. The summed E-state index contributed by atoms with van der Waals surface area (Å²) in [5, 5.41) is 0.956. The molecule has 0 aromatic carbocycles. The van der Waals surface area contributed by atoms with Crippen molar-refractivity contribution in [1.82, 2.24) is 0 Å². The molecule has 0 aromatic rings. The van der Waals surface area contributed by atoms with Crippen molar-refractivity contribution in [1.29, 1.82) is 0 Å².